The van der Waals surface area contributed by atoms with Crippen molar-refractivity contribution in [3.8, 4) is 0 Å². The molecule has 1 fully saturated rings. The van der Waals surface area contributed by atoms with E-state index in [1.165, 1.54) is 6.42 Å². The van der Waals surface area contributed by atoms with Crippen molar-refractivity contribution in [2.45, 2.75) is 26.8 Å². The number of nitrogens with zero attached hydrogens (tertiary/aromatic N) is 1. The lowest BCUT2D eigenvalue weighted by Crippen LogP contribution is -2.22. The molecule has 1 heterocycles. The Kier molecular flexibility index (Phi) is 4.21. The maximum Gasteiger partial charge on any atom is 0.128 e. The highest BCUT2D eigenvalue weighted by atomic mass is 79.9. The van der Waals surface area contributed by atoms with Gasteiger partial charge in [0.2, 0.25) is 0 Å². The Morgan fingerprint density at radius 3 is 2.82 bits per heavy atom. The highest BCUT2D eigenvalue weighted by molar-refractivity contribution is 9.10. The van der Waals surface area contributed by atoms with Crippen LogP contribution in [0.3, 0.4) is 0 Å². The van der Waals surface area contributed by atoms with Crippen LogP contribution < -0.4 is 0 Å². The molecule has 0 saturated carbocycles. The van der Waals surface area contributed by atoms with Crippen LogP contribution in [0.25, 0.3) is 0 Å². The molecule has 0 N–H and O–H groups in total. The summed E-state index contributed by atoms with van der Waals surface area (Å²) in [4.78, 5) is 2.36. The molecule has 1 nitrogen and oxygen atoms in total. The molecular weight excluding hydrogens is 281 g/mol. The maximum atomic E-state index is 13.7. The quantitative estimate of drug-likeness (QED) is 0.813. The van der Waals surface area contributed by atoms with Crippen molar-refractivity contribution in [2.24, 2.45) is 11.8 Å². The summed E-state index contributed by atoms with van der Waals surface area (Å²) in [5.74, 6) is 1.40. The molecule has 0 bridgehead atoms. The standard InChI is InChI=1S/C14H19BrFN/c1-10(2)11-5-6-17(8-11)9-12-3-4-13(15)7-14(12)16/h3-4,7,10-11H,5-6,8-9H2,1-2H3. The van der Waals surface area contributed by atoms with E-state index < -0.39 is 0 Å². The van der Waals surface area contributed by atoms with Crippen LogP contribution in [-0.2, 0) is 6.54 Å². The Morgan fingerprint density at radius 2 is 2.24 bits per heavy atom. The summed E-state index contributed by atoms with van der Waals surface area (Å²) < 4.78 is 14.5. The number of likely N-dealkylation sites (tertiary alicyclic amines) is 1. The molecule has 1 saturated heterocycles. The zero-order valence-electron chi connectivity index (χ0n) is 10.4. The van der Waals surface area contributed by atoms with Crippen LogP contribution in [0.1, 0.15) is 25.8 Å². The monoisotopic (exact) mass is 299 g/mol. The molecule has 0 radical (unpaired) electrons. The molecule has 0 spiro atoms. The van der Waals surface area contributed by atoms with Crippen molar-refractivity contribution in [3.63, 3.8) is 0 Å². The third kappa shape index (κ3) is 3.29. The fourth-order valence-electron chi connectivity index (χ4n) is 2.44. The number of benzene rings is 1. The number of rotatable bonds is 3. The van der Waals surface area contributed by atoms with Gasteiger partial charge in [0.05, 0.1) is 0 Å². The normalized spacial score (nSPS) is 21.4. The smallest absolute Gasteiger partial charge is 0.128 e. The van der Waals surface area contributed by atoms with Gasteiger partial charge in [0.15, 0.2) is 0 Å². The number of hydrogen-bond donors (Lipinski definition) is 0. The van der Waals surface area contributed by atoms with Crippen LogP contribution in [-0.4, -0.2) is 18.0 Å². The second-order valence-corrected chi connectivity index (χ2v) is 6.18. The van der Waals surface area contributed by atoms with Crippen molar-refractivity contribution < 1.29 is 4.39 Å². The van der Waals surface area contributed by atoms with Crippen molar-refractivity contribution in [3.05, 3.63) is 34.1 Å². The lowest BCUT2D eigenvalue weighted by atomic mass is 9.95. The number of halogens is 2. The van der Waals surface area contributed by atoms with Crippen LogP contribution in [0, 0.1) is 17.7 Å². The molecule has 17 heavy (non-hydrogen) atoms. The van der Waals surface area contributed by atoms with Gasteiger partial charge in [-0.15, -0.1) is 0 Å². The van der Waals surface area contributed by atoms with Gasteiger partial charge in [0.25, 0.3) is 0 Å². The van der Waals surface area contributed by atoms with Gasteiger partial charge in [-0.05, 0) is 36.9 Å². The molecule has 1 aromatic carbocycles. The fraction of sp³-hybridized carbons (Fsp3) is 0.571. The van der Waals surface area contributed by atoms with E-state index in [0.29, 0.717) is 0 Å². The Hall–Kier alpha value is -0.410. The topological polar surface area (TPSA) is 3.24 Å². The van der Waals surface area contributed by atoms with E-state index in [-0.39, 0.29) is 5.82 Å². The molecule has 3 heteroatoms. The van der Waals surface area contributed by atoms with Gasteiger partial charge in [-0.1, -0.05) is 35.8 Å². The zero-order chi connectivity index (χ0) is 12.4. The van der Waals surface area contributed by atoms with Crippen molar-refractivity contribution in [1.29, 1.82) is 0 Å². The van der Waals surface area contributed by atoms with Gasteiger partial charge in [-0.2, -0.15) is 0 Å². The Morgan fingerprint density at radius 1 is 1.47 bits per heavy atom. The molecule has 2 rings (SSSR count). The van der Waals surface area contributed by atoms with Crippen molar-refractivity contribution >= 4 is 15.9 Å². The molecule has 1 aromatic rings. The summed E-state index contributed by atoms with van der Waals surface area (Å²) in [5, 5.41) is 0. The first-order valence-corrected chi connectivity index (χ1v) is 7.02. The van der Waals surface area contributed by atoms with Crippen LogP contribution in [0.5, 0.6) is 0 Å². The highest BCUT2D eigenvalue weighted by Crippen LogP contribution is 2.25. The Balaban J connectivity index is 1.98. The van der Waals surface area contributed by atoms with E-state index in [1.54, 1.807) is 6.07 Å². The summed E-state index contributed by atoms with van der Waals surface area (Å²) in [6, 6.07) is 5.34. The second kappa shape index (κ2) is 5.49. The molecule has 0 amide bonds. The molecule has 1 aliphatic rings. The van der Waals surface area contributed by atoms with E-state index in [4.69, 9.17) is 0 Å². The molecule has 0 aliphatic carbocycles. The van der Waals surface area contributed by atoms with E-state index in [2.05, 4.69) is 34.7 Å². The second-order valence-electron chi connectivity index (χ2n) is 5.26. The van der Waals surface area contributed by atoms with Crippen molar-refractivity contribution in [2.75, 3.05) is 13.1 Å². The van der Waals surface area contributed by atoms with E-state index in [1.807, 2.05) is 12.1 Å². The van der Waals surface area contributed by atoms with Gasteiger partial charge in [0.1, 0.15) is 5.82 Å². The summed E-state index contributed by atoms with van der Waals surface area (Å²) in [6.45, 7) is 7.48. The minimum absolute atomic E-state index is 0.104. The van der Waals surface area contributed by atoms with Crippen LogP contribution in [0.15, 0.2) is 22.7 Å². The number of hydrogen-bond acceptors (Lipinski definition) is 1. The first-order chi connectivity index (χ1) is 8.06. The molecule has 1 aliphatic heterocycles. The maximum absolute atomic E-state index is 13.7. The SMILES string of the molecule is CC(C)C1CCN(Cc2ccc(Br)cc2F)C1. The highest BCUT2D eigenvalue weighted by Gasteiger charge is 2.25. The molecule has 0 aromatic heterocycles. The molecular formula is C14H19BrFN. The first-order valence-electron chi connectivity index (χ1n) is 6.22. The van der Waals surface area contributed by atoms with Gasteiger partial charge >= 0.3 is 0 Å². The lowest BCUT2D eigenvalue weighted by molar-refractivity contribution is 0.293. The van der Waals surface area contributed by atoms with Crippen LogP contribution in [0.4, 0.5) is 4.39 Å². The first kappa shape index (κ1) is 13.0. The predicted octanol–water partition coefficient (Wildman–Crippen LogP) is 4.07. The van der Waals surface area contributed by atoms with Crippen molar-refractivity contribution in [1.82, 2.24) is 4.90 Å². The van der Waals surface area contributed by atoms with Gasteiger partial charge in [-0.3, -0.25) is 4.90 Å². The van der Waals surface area contributed by atoms with Gasteiger partial charge in [0, 0.05) is 23.1 Å². The van der Waals surface area contributed by atoms with Crippen LogP contribution in [0.2, 0.25) is 0 Å². The lowest BCUT2D eigenvalue weighted by Gasteiger charge is -2.18. The third-order valence-electron chi connectivity index (χ3n) is 3.66. The minimum Gasteiger partial charge on any atom is -0.299 e. The van der Waals surface area contributed by atoms with E-state index in [9.17, 15) is 4.39 Å². The summed E-state index contributed by atoms with van der Waals surface area (Å²) in [5.41, 5.74) is 0.803. The molecule has 94 valence electrons. The summed E-state index contributed by atoms with van der Waals surface area (Å²) >= 11 is 3.28. The van der Waals surface area contributed by atoms with Crippen LogP contribution >= 0.6 is 15.9 Å². The predicted molar refractivity (Wildman–Crippen MR) is 72.3 cm³/mol. The molecule has 1 unspecified atom stereocenters. The Labute approximate surface area is 111 Å². The fourth-order valence-corrected chi connectivity index (χ4v) is 2.77. The van der Waals surface area contributed by atoms with E-state index in [0.717, 1.165) is 41.5 Å². The average Bonchev–Trinajstić information content (AvgIpc) is 2.71. The van der Waals surface area contributed by atoms with Gasteiger partial charge in [-0.25, -0.2) is 4.39 Å². The van der Waals surface area contributed by atoms with Gasteiger partial charge < -0.3 is 0 Å². The largest absolute Gasteiger partial charge is 0.299 e. The zero-order valence-corrected chi connectivity index (χ0v) is 12.0. The third-order valence-corrected chi connectivity index (χ3v) is 4.15. The summed E-state index contributed by atoms with van der Waals surface area (Å²) in [6.07, 6.45) is 1.25. The minimum atomic E-state index is -0.104. The van der Waals surface area contributed by atoms with E-state index >= 15 is 0 Å². The molecule has 1 atom stereocenters. The average molecular weight is 300 g/mol. The Bertz CT molecular complexity index is 392. The summed E-state index contributed by atoms with van der Waals surface area (Å²) in [7, 11) is 0.